The Morgan fingerprint density at radius 3 is 2.87 bits per heavy atom. The van der Waals surface area contributed by atoms with Gasteiger partial charge < -0.3 is 19.9 Å². The van der Waals surface area contributed by atoms with Crippen molar-refractivity contribution >= 4 is 17.6 Å². The lowest BCUT2D eigenvalue weighted by molar-refractivity contribution is 0.105. The number of hydrogen-bond acceptors (Lipinski definition) is 5. The third-order valence-electron chi connectivity index (χ3n) is 5.68. The molecule has 0 bridgehead atoms. The Morgan fingerprint density at radius 2 is 2.13 bits per heavy atom. The maximum absolute atomic E-state index is 6.03. The van der Waals surface area contributed by atoms with E-state index in [4.69, 9.17) is 20.9 Å². The molecule has 1 aliphatic carbocycles. The lowest BCUT2D eigenvalue weighted by atomic mass is 9.83. The van der Waals surface area contributed by atoms with E-state index in [2.05, 4.69) is 25.8 Å². The van der Waals surface area contributed by atoms with Gasteiger partial charge in [0.05, 0.1) is 0 Å². The molecule has 3 rings (SSSR count). The standard InChI is InChI=1S/C22H32ClN5O2/c1-3-29-14-12-22(10-4-5-11-22)16-26-21(24-2)25-13-9-19-27-20(28-30-19)17-7-6-8-18(23)15-17/h6-8,15H,3-5,9-14,16H2,1-2H3,(H2,24,25,26). The van der Waals surface area contributed by atoms with E-state index in [1.165, 1.54) is 25.7 Å². The summed E-state index contributed by atoms with van der Waals surface area (Å²) < 4.78 is 11.0. The first-order chi connectivity index (χ1) is 14.6. The van der Waals surface area contributed by atoms with Crippen LogP contribution in [-0.4, -0.2) is 49.5 Å². The molecule has 1 saturated carbocycles. The molecule has 0 unspecified atom stereocenters. The number of ether oxygens (including phenoxy) is 1. The first kappa shape index (κ1) is 22.6. The van der Waals surface area contributed by atoms with Gasteiger partial charge in [-0.15, -0.1) is 0 Å². The quantitative estimate of drug-likeness (QED) is 0.333. The average Bonchev–Trinajstić information content (AvgIpc) is 3.41. The van der Waals surface area contributed by atoms with Gasteiger partial charge in [-0.2, -0.15) is 4.98 Å². The van der Waals surface area contributed by atoms with Crippen LogP contribution in [0.3, 0.4) is 0 Å². The maximum atomic E-state index is 6.03. The van der Waals surface area contributed by atoms with E-state index in [1.54, 1.807) is 7.05 Å². The van der Waals surface area contributed by atoms with Gasteiger partial charge in [-0.3, -0.25) is 4.99 Å². The minimum Gasteiger partial charge on any atom is -0.382 e. The normalized spacial score (nSPS) is 16.0. The van der Waals surface area contributed by atoms with Crippen molar-refractivity contribution in [3.63, 3.8) is 0 Å². The Kier molecular flexibility index (Phi) is 8.51. The molecule has 1 fully saturated rings. The molecule has 0 radical (unpaired) electrons. The summed E-state index contributed by atoms with van der Waals surface area (Å²) in [4.78, 5) is 8.81. The number of benzene rings is 1. The van der Waals surface area contributed by atoms with Crippen molar-refractivity contribution in [1.29, 1.82) is 0 Å². The molecular weight excluding hydrogens is 402 g/mol. The summed E-state index contributed by atoms with van der Waals surface area (Å²) in [5, 5.41) is 11.5. The second-order valence-corrected chi connectivity index (χ2v) is 8.22. The van der Waals surface area contributed by atoms with E-state index >= 15 is 0 Å². The van der Waals surface area contributed by atoms with E-state index in [-0.39, 0.29) is 0 Å². The van der Waals surface area contributed by atoms with Gasteiger partial charge in [0.25, 0.3) is 0 Å². The van der Waals surface area contributed by atoms with Gasteiger partial charge in [0.2, 0.25) is 11.7 Å². The van der Waals surface area contributed by atoms with Crippen LogP contribution in [0.1, 0.15) is 44.9 Å². The summed E-state index contributed by atoms with van der Waals surface area (Å²) in [7, 11) is 1.79. The van der Waals surface area contributed by atoms with Gasteiger partial charge in [0.15, 0.2) is 5.96 Å². The molecule has 0 spiro atoms. The van der Waals surface area contributed by atoms with Gasteiger partial charge in [-0.1, -0.05) is 41.7 Å². The molecule has 8 heteroatoms. The molecule has 1 aliphatic rings. The zero-order valence-electron chi connectivity index (χ0n) is 17.9. The highest BCUT2D eigenvalue weighted by atomic mass is 35.5. The minimum atomic E-state index is 0.311. The van der Waals surface area contributed by atoms with E-state index in [0.29, 0.717) is 35.1 Å². The van der Waals surface area contributed by atoms with Crippen LogP contribution in [0.2, 0.25) is 5.02 Å². The largest absolute Gasteiger partial charge is 0.382 e. The molecule has 164 valence electrons. The van der Waals surface area contributed by atoms with Gasteiger partial charge >= 0.3 is 0 Å². The van der Waals surface area contributed by atoms with Crippen LogP contribution in [0.15, 0.2) is 33.8 Å². The summed E-state index contributed by atoms with van der Waals surface area (Å²) in [6.45, 7) is 5.23. The highest BCUT2D eigenvalue weighted by molar-refractivity contribution is 6.30. The average molecular weight is 434 g/mol. The number of guanidine groups is 1. The van der Waals surface area contributed by atoms with Crippen LogP contribution in [0.4, 0.5) is 0 Å². The van der Waals surface area contributed by atoms with Gasteiger partial charge in [0, 0.05) is 50.4 Å². The first-order valence-corrected chi connectivity index (χ1v) is 11.1. The van der Waals surface area contributed by atoms with Crippen molar-refractivity contribution in [2.75, 3.05) is 33.4 Å². The van der Waals surface area contributed by atoms with Crippen LogP contribution >= 0.6 is 11.6 Å². The number of hydrogen-bond donors (Lipinski definition) is 2. The fraction of sp³-hybridized carbons (Fsp3) is 0.591. The Hall–Kier alpha value is -2.12. The number of nitrogens with zero attached hydrogens (tertiary/aromatic N) is 3. The molecule has 1 heterocycles. The highest BCUT2D eigenvalue weighted by Gasteiger charge is 2.33. The van der Waals surface area contributed by atoms with Crippen LogP contribution in [0.5, 0.6) is 0 Å². The topological polar surface area (TPSA) is 84.6 Å². The predicted octanol–water partition coefficient (Wildman–Crippen LogP) is 4.08. The fourth-order valence-electron chi connectivity index (χ4n) is 3.95. The third-order valence-corrected chi connectivity index (χ3v) is 5.92. The Labute approximate surface area is 183 Å². The number of halogens is 1. The first-order valence-electron chi connectivity index (χ1n) is 10.7. The summed E-state index contributed by atoms with van der Waals surface area (Å²) in [5.74, 6) is 1.93. The molecule has 1 aromatic heterocycles. The number of aromatic nitrogens is 2. The SMILES string of the molecule is CCOCCC1(CNC(=NC)NCCc2nc(-c3cccc(Cl)c3)no2)CCCC1. The molecule has 0 atom stereocenters. The molecule has 7 nitrogen and oxygen atoms in total. The number of aliphatic imine (C=N–C) groups is 1. The van der Waals surface area contributed by atoms with Crippen molar-refractivity contribution in [1.82, 2.24) is 20.8 Å². The zero-order chi connectivity index (χ0) is 21.2. The van der Waals surface area contributed by atoms with Crippen molar-refractivity contribution in [2.45, 2.75) is 45.4 Å². The molecule has 1 aromatic carbocycles. The Morgan fingerprint density at radius 1 is 1.30 bits per heavy atom. The third kappa shape index (κ3) is 6.44. The van der Waals surface area contributed by atoms with Crippen LogP contribution < -0.4 is 10.6 Å². The molecule has 0 aliphatic heterocycles. The molecule has 30 heavy (non-hydrogen) atoms. The smallest absolute Gasteiger partial charge is 0.228 e. The fourth-order valence-corrected chi connectivity index (χ4v) is 4.14. The Balaban J connectivity index is 1.45. The van der Waals surface area contributed by atoms with Gasteiger partial charge in [-0.05, 0) is 43.7 Å². The van der Waals surface area contributed by atoms with Crippen LogP contribution in [-0.2, 0) is 11.2 Å². The lowest BCUT2D eigenvalue weighted by Gasteiger charge is -2.30. The highest BCUT2D eigenvalue weighted by Crippen LogP contribution is 2.40. The monoisotopic (exact) mass is 433 g/mol. The molecule has 2 N–H and O–H groups in total. The van der Waals surface area contributed by atoms with Crippen molar-refractivity contribution < 1.29 is 9.26 Å². The Bertz CT molecular complexity index is 817. The van der Waals surface area contributed by atoms with Crippen molar-refractivity contribution in [3.8, 4) is 11.4 Å². The van der Waals surface area contributed by atoms with Gasteiger partial charge in [-0.25, -0.2) is 0 Å². The van der Waals surface area contributed by atoms with E-state index in [9.17, 15) is 0 Å². The van der Waals surface area contributed by atoms with E-state index < -0.39 is 0 Å². The summed E-state index contributed by atoms with van der Waals surface area (Å²) in [6.07, 6.45) is 6.80. The second kappa shape index (κ2) is 11.3. The van der Waals surface area contributed by atoms with E-state index in [1.807, 2.05) is 31.2 Å². The second-order valence-electron chi connectivity index (χ2n) is 7.78. The lowest BCUT2D eigenvalue weighted by Crippen LogP contribution is -2.44. The summed E-state index contributed by atoms with van der Waals surface area (Å²) >= 11 is 6.03. The molecule has 0 saturated heterocycles. The van der Waals surface area contributed by atoms with Gasteiger partial charge in [0.1, 0.15) is 0 Å². The van der Waals surface area contributed by atoms with E-state index in [0.717, 1.165) is 37.7 Å². The molecule has 2 aromatic rings. The zero-order valence-corrected chi connectivity index (χ0v) is 18.7. The molecule has 0 amide bonds. The van der Waals surface area contributed by atoms with Crippen LogP contribution in [0.25, 0.3) is 11.4 Å². The van der Waals surface area contributed by atoms with Crippen molar-refractivity contribution in [3.05, 3.63) is 35.2 Å². The number of nitrogens with one attached hydrogen (secondary N) is 2. The summed E-state index contributed by atoms with van der Waals surface area (Å²) in [5.41, 5.74) is 1.15. The minimum absolute atomic E-state index is 0.311. The maximum Gasteiger partial charge on any atom is 0.228 e. The predicted molar refractivity (Wildman–Crippen MR) is 120 cm³/mol. The number of rotatable bonds is 10. The summed E-state index contributed by atoms with van der Waals surface area (Å²) in [6, 6.07) is 7.43. The van der Waals surface area contributed by atoms with Crippen LogP contribution in [0, 0.1) is 5.41 Å². The van der Waals surface area contributed by atoms with Crippen molar-refractivity contribution in [2.24, 2.45) is 10.4 Å². The molecular formula is C22H32ClN5O2.